The van der Waals surface area contributed by atoms with E-state index in [4.69, 9.17) is 22.1 Å². The average Bonchev–Trinajstić information content (AvgIpc) is 3.15. The molecule has 0 fully saturated rings. The van der Waals surface area contributed by atoms with Crippen LogP contribution in [-0.4, -0.2) is 49.8 Å². The van der Waals surface area contributed by atoms with Crippen LogP contribution in [0.15, 0.2) is 41.2 Å². The lowest BCUT2D eigenvalue weighted by Crippen LogP contribution is -2.46. The number of halogens is 1. The number of ether oxygens (including phenoxy) is 1. The average molecular weight is 543 g/mol. The first-order valence-corrected chi connectivity index (χ1v) is 12.2. The van der Waals surface area contributed by atoms with Crippen LogP contribution in [-0.2, 0) is 24.3 Å². The van der Waals surface area contributed by atoms with Gasteiger partial charge in [0.05, 0.1) is 31.2 Å². The Morgan fingerprint density at radius 2 is 2.05 bits per heavy atom. The fraction of sp³-hybridized carbons (Fsp3) is 0.320. The first-order chi connectivity index (χ1) is 18.1. The predicted molar refractivity (Wildman–Crippen MR) is 138 cm³/mol. The maximum absolute atomic E-state index is 13.7. The number of aromatic amines is 1. The van der Waals surface area contributed by atoms with Crippen LogP contribution >= 0.6 is 11.6 Å². The van der Waals surface area contributed by atoms with Crippen molar-refractivity contribution in [1.29, 1.82) is 0 Å². The van der Waals surface area contributed by atoms with Gasteiger partial charge in [0.15, 0.2) is 5.82 Å². The molecule has 2 heterocycles. The molecule has 1 aliphatic rings. The Labute approximate surface area is 222 Å². The highest BCUT2D eigenvalue weighted by Crippen LogP contribution is 2.28. The van der Waals surface area contributed by atoms with E-state index in [0.29, 0.717) is 28.3 Å². The maximum Gasteiger partial charge on any atom is 0.343 e. The minimum Gasteiger partial charge on any atom is -0.496 e. The lowest BCUT2D eigenvalue weighted by molar-refractivity contribution is -0.132. The van der Waals surface area contributed by atoms with Gasteiger partial charge in [0, 0.05) is 17.3 Å². The molecule has 2 aromatic carbocycles. The molecule has 12 nitrogen and oxygen atoms in total. The maximum atomic E-state index is 13.7. The number of anilines is 1. The zero-order valence-electron chi connectivity index (χ0n) is 20.7. The fourth-order valence-corrected chi connectivity index (χ4v) is 4.73. The number of aromatic nitrogens is 3. The molecular weight excluding hydrogens is 516 g/mol. The summed E-state index contributed by atoms with van der Waals surface area (Å²) in [6, 6.07) is 8.21. The summed E-state index contributed by atoms with van der Waals surface area (Å²) in [4.78, 5) is 51.9. The zero-order chi connectivity index (χ0) is 27.6. The van der Waals surface area contributed by atoms with Crippen LogP contribution in [0.5, 0.6) is 5.75 Å². The number of imide groups is 1. The number of hydrogen-bond acceptors (Lipinski definition) is 7. The number of fused-ring (bicyclic) bond motifs is 1. The summed E-state index contributed by atoms with van der Waals surface area (Å²) in [5.74, 6) is -1.69. The van der Waals surface area contributed by atoms with E-state index in [0.717, 1.165) is 4.90 Å². The highest BCUT2D eigenvalue weighted by Gasteiger charge is 2.36. The van der Waals surface area contributed by atoms with Crippen LogP contribution in [0.3, 0.4) is 0 Å². The van der Waals surface area contributed by atoms with Crippen LogP contribution < -0.4 is 21.5 Å². The Hall–Kier alpha value is -4.32. The van der Waals surface area contributed by atoms with Crippen LogP contribution in [0.1, 0.15) is 46.7 Å². The highest BCUT2D eigenvalue weighted by molar-refractivity contribution is 6.30. The Morgan fingerprint density at radius 1 is 1.29 bits per heavy atom. The summed E-state index contributed by atoms with van der Waals surface area (Å²) in [6.45, 7) is 1.62. The van der Waals surface area contributed by atoms with Crippen molar-refractivity contribution in [2.75, 3.05) is 12.8 Å². The molecule has 5 N–H and O–H groups in total. The van der Waals surface area contributed by atoms with Crippen molar-refractivity contribution in [3.05, 3.63) is 74.4 Å². The highest BCUT2D eigenvalue weighted by atomic mass is 35.5. The summed E-state index contributed by atoms with van der Waals surface area (Å²) in [7, 11) is 1.50. The van der Waals surface area contributed by atoms with Gasteiger partial charge in [-0.2, -0.15) is 5.10 Å². The third-order valence-electron chi connectivity index (χ3n) is 6.52. The second kappa shape index (κ2) is 11.0. The van der Waals surface area contributed by atoms with E-state index < -0.39 is 35.6 Å². The second-order valence-corrected chi connectivity index (χ2v) is 9.34. The van der Waals surface area contributed by atoms with Crippen LogP contribution in [0, 0.1) is 5.92 Å². The van der Waals surface area contributed by atoms with Crippen molar-refractivity contribution in [3.63, 3.8) is 0 Å². The summed E-state index contributed by atoms with van der Waals surface area (Å²) >= 11 is 6.17. The van der Waals surface area contributed by atoms with Gasteiger partial charge in [0.1, 0.15) is 5.75 Å². The van der Waals surface area contributed by atoms with Crippen molar-refractivity contribution in [1.82, 2.24) is 25.0 Å². The first kappa shape index (κ1) is 26.7. The molecule has 1 aromatic heterocycles. The Kier molecular flexibility index (Phi) is 7.72. The molecule has 2 atom stereocenters. The second-order valence-electron chi connectivity index (χ2n) is 8.90. The van der Waals surface area contributed by atoms with Crippen molar-refractivity contribution < 1.29 is 24.2 Å². The van der Waals surface area contributed by atoms with E-state index in [-0.39, 0.29) is 36.6 Å². The molecule has 1 aliphatic heterocycles. The van der Waals surface area contributed by atoms with Gasteiger partial charge in [0.2, 0.25) is 5.91 Å². The van der Waals surface area contributed by atoms with Gasteiger partial charge in [-0.05, 0) is 54.3 Å². The fourth-order valence-electron chi connectivity index (χ4n) is 4.53. The molecule has 38 heavy (non-hydrogen) atoms. The van der Waals surface area contributed by atoms with E-state index in [1.54, 1.807) is 24.3 Å². The van der Waals surface area contributed by atoms with Gasteiger partial charge < -0.3 is 20.9 Å². The number of aromatic carboxylic acids is 1. The predicted octanol–water partition coefficient (Wildman–Crippen LogP) is 2.58. The summed E-state index contributed by atoms with van der Waals surface area (Å²) in [5.41, 5.74) is 6.65. The Morgan fingerprint density at radius 3 is 2.71 bits per heavy atom. The number of hydrogen-bond donors (Lipinski definition) is 4. The van der Waals surface area contributed by atoms with Crippen molar-refractivity contribution in [3.8, 4) is 5.75 Å². The third-order valence-corrected chi connectivity index (χ3v) is 6.76. The van der Waals surface area contributed by atoms with E-state index in [9.17, 15) is 24.3 Å². The Bertz CT molecular complexity index is 1450. The van der Waals surface area contributed by atoms with E-state index >= 15 is 0 Å². The molecule has 0 radical (unpaired) electrons. The number of carbonyl (C=O) groups excluding carboxylic acids is 2. The van der Waals surface area contributed by atoms with Crippen LogP contribution in [0.4, 0.5) is 10.5 Å². The number of benzene rings is 2. The summed E-state index contributed by atoms with van der Waals surface area (Å²) in [6.07, 6.45) is 0.601. The van der Waals surface area contributed by atoms with Gasteiger partial charge in [-0.3, -0.25) is 14.3 Å². The third kappa shape index (κ3) is 5.35. The molecule has 0 bridgehead atoms. The molecule has 1 unspecified atom stereocenters. The summed E-state index contributed by atoms with van der Waals surface area (Å²) < 4.78 is 6.76. The van der Waals surface area contributed by atoms with Gasteiger partial charge in [-0.15, -0.1) is 0 Å². The van der Waals surface area contributed by atoms with Crippen molar-refractivity contribution in [2.45, 2.75) is 38.9 Å². The molecule has 4 rings (SSSR count). The number of amides is 3. The lowest BCUT2D eigenvalue weighted by Gasteiger charge is -2.26. The minimum atomic E-state index is -1.16. The molecule has 0 aliphatic carbocycles. The van der Waals surface area contributed by atoms with Crippen LogP contribution in [0.25, 0.3) is 0 Å². The molecule has 0 saturated carbocycles. The van der Waals surface area contributed by atoms with Crippen LogP contribution in [0.2, 0.25) is 5.02 Å². The molecule has 3 aromatic rings. The topological polar surface area (TPSA) is 173 Å². The zero-order valence-corrected chi connectivity index (χ0v) is 21.5. The quantitative estimate of drug-likeness (QED) is 0.330. The number of nitrogens with one attached hydrogen (secondary N) is 2. The Balaban J connectivity index is 1.64. The number of carboxylic acids is 1. The molecule has 0 spiro atoms. The molecule has 3 amide bonds. The number of carboxylic acid groups (broad SMARTS) is 1. The number of carbonyl (C=O) groups is 3. The standard InChI is InChI=1S/C25H27ClN6O6/c1-3-19(13-4-6-17(23(34)35)18(27)10-13)28-24(36)32-12-21-29-30-25(37)31(21)11-15(22(32)33)8-14-9-16(26)5-7-20(14)38-2/h4-7,9-10,15,19H,3,8,11-12,27H2,1-2H3,(H,28,36)(H,30,37)(H,34,35)/t15?,19-/m1/s1. The first-order valence-electron chi connectivity index (χ1n) is 11.8. The van der Waals surface area contributed by atoms with Gasteiger partial charge in [0.25, 0.3) is 0 Å². The summed E-state index contributed by atoms with van der Waals surface area (Å²) in [5, 5.41) is 18.9. The number of H-pyrrole nitrogens is 1. The molecule has 0 saturated heterocycles. The SMILES string of the molecule is CC[C@@H](NC(=O)N1Cc2n[nH]c(=O)n2CC(Cc2cc(Cl)ccc2OC)C1=O)c1ccc(C(=O)O)c(N)c1. The molecule has 13 heteroatoms. The number of rotatable bonds is 7. The normalized spacial score (nSPS) is 15.9. The number of nitrogen functional groups attached to an aromatic ring is 1. The van der Waals surface area contributed by atoms with Gasteiger partial charge in [-0.1, -0.05) is 24.6 Å². The van der Waals surface area contributed by atoms with Gasteiger partial charge in [-0.25, -0.2) is 19.5 Å². The molecule has 200 valence electrons. The molecular formula is C25H27ClN6O6. The minimum absolute atomic E-state index is 0.00728. The van der Waals surface area contributed by atoms with E-state index in [1.807, 2.05) is 6.92 Å². The van der Waals surface area contributed by atoms with Gasteiger partial charge >= 0.3 is 17.7 Å². The number of nitrogens with two attached hydrogens (primary N) is 1. The number of urea groups is 1. The smallest absolute Gasteiger partial charge is 0.343 e. The van der Waals surface area contributed by atoms with E-state index in [2.05, 4.69) is 15.5 Å². The van der Waals surface area contributed by atoms with E-state index in [1.165, 1.54) is 23.8 Å². The van der Waals surface area contributed by atoms with Crippen molar-refractivity contribution in [2.24, 2.45) is 5.92 Å². The lowest BCUT2D eigenvalue weighted by atomic mass is 9.97. The number of nitrogens with zero attached hydrogens (tertiary/aromatic N) is 3. The van der Waals surface area contributed by atoms with Crippen molar-refractivity contribution >= 4 is 35.2 Å². The largest absolute Gasteiger partial charge is 0.496 e. The monoisotopic (exact) mass is 542 g/mol. The number of methoxy groups -OCH3 is 1.